The van der Waals surface area contributed by atoms with Crippen LogP contribution >= 0.6 is 0 Å². The molecule has 0 N–H and O–H groups in total. The molecule has 1 heterocycles. The van der Waals surface area contributed by atoms with Crippen LogP contribution in [0, 0.1) is 18.3 Å². The van der Waals surface area contributed by atoms with E-state index in [9.17, 15) is 5.26 Å². The maximum absolute atomic E-state index is 9.43. The molecule has 21 heavy (non-hydrogen) atoms. The predicted molar refractivity (Wildman–Crippen MR) is 85.7 cm³/mol. The molecular weight excluding hydrogens is 258 g/mol. The first kappa shape index (κ1) is 13.1. The van der Waals surface area contributed by atoms with Crippen LogP contribution in [-0.4, -0.2) is 12.0 Å². The zero-order chi connectivity index (χ0) is 14.8. The van der Waals surface area contributed by atoms with Gasteiger partial charge in [-0.1, -0.05) is 36.4 Å². The Balaban J connectivity index is 2.20. The number of pyridine rings is 1. The number of fused-ring (bicyclic) bond motifs is 1. The second-order valence-corrected chi connectivity index (χ2v) is 5.01. The van der Waals surface area contributed by atoms with Gasteiger partial charge in [-0.15, -0.1) is 0 Å². The average Bonchev–Trinajstić information content (AvgIpc) is 2.53. The summed E-state index contributed by atoms with van der Waals surface area (Å²) in [5.41, 5.74) is 3.68. The number of benzene rings is 2. The molecular formula is C18H15N3. The van der Waals surface area contributed by atoms with E-state index in [4.69, 9.17) is 0 Å². The third-order valence-electron chi connectivity index (χ3n) is 3.62. The van der Waals surface area contributed by atoms with Gasteiger partial charge >= 0.3 is 0 Å². The molecule has 0 bridgehead atoms. The molecule has 3 nitrogen and oxygen atoms in total. The molecule has 3 heteroatoms. The number of para-hydroxylation sites is 2. The topological polar surface area (TPSA) is 39.9 Å². The van der Waals surface area contributed by atoms with E-state index in [0.29, 0.717) is 11.4 Å². The van der Waals surface area contributed by atoms with Crippen LogP contribution in [0.15, 0.2) is 54.6 Å². The molecule has 0 aliphatic rings. The molecule has 1 aromatic heterocycles. The van der Waals surface area contributed by atoms with Gasteiger partial charge in [0.25, 0.3) is 0 Å². The number of anilines is 2. The highest BCUT2D eigenvalue weighted by atomic mass is 15.2. The average molecular weight is 273 g/mol. The Morgan fingerprint density at radius 1 is 1.05 bits per heavy atom. The van der Waals surface area contributed by atoms with Crippen LogP contribution in [0.2, 0.25) is 0 Å². The first-order valence-corrected chi connectivity index (χ1v) is 6.80. The molecule has 3 rings (SSSR count). The summed E-state index contributed by atoms with van der Waals surface area (Å²) in [6.07, 6.45) is 0. The van der Waals surface area contributed by atoms with E-state index in [1.165, 1.54) is 0 Å². The van der Waals surface area contributed by atoms with Gasteiger partial charge in [0.2, 0.25) is 0 Å². The summed E-state index contributed by atoms with van der Waals surface area (Å²) in [6.45, 7) is 2.05. The van der Waals surface area contributed by atoms with Crippen molar-refractivity contribution < 1.29 is 0 Å². The van der Waals surface area contributed by atoms with Crippen molar-refractivity contribution in [3.05, 3.63) is 65.7 Å². The number of nitriles is 1. The first-order valence-electron chi connectivity index (χ1n) is 6.80. The zero-order valence-corrected chi connectivity index (χ0v) is 12.0. The SMILES string of the molecule is Cc1ccccc1N(C)c1nc2ccccc2cc1C#N. The number of hydrogen-bond donors (Lipinski definition) is 0. The highest BCUT2D eigenvalue weighted by Gasteiger charge is 2.13. The standard InChI is InChI=1S/C18H15N3/c1-13-7-3-6-10-17(13)21(2)18-15(12-19)11-14-8-4-5-9-16(14)20-18/h3-11H,1-2H3. The lowest BCUT2D eigenvalue weighted by Crippen LogP contribution is -2.14. The lowest BCUT2D eigenvalue weighted by molar-refractivity contribution is 1.12. The van der Waals surface area contributed by atoms with Crippen molar-refractivity contribution in [3.8, 4) is 6.07 Å². The highest BCUT2D eigenvalue weighted by molar-refractivity contribution is 5.84. The minimum absolute atomic E-state index is 0.583. The molecule has 0 fully saturated rings. The van der Waals surface area contributed by atoms with Gasteiger partial charge in [0.1, 0.15) is 6.07 Å². The molecule has 0 aliphatic heterocycles. The quantitative estimate of drug-likeness (QED) is 0.703. The van der Waals surface area contributed by atoms with E-state index in [1.807, 2.05) is 60.5 Å². The fraction of sp³-hybridized carbons (Fsp3) is 0.111. The van der Waals surface area contributed by atoms with Crippen LogP contribution in [0.3, 0.4) is 0 Å². The molecule has 0 radical (unpaired) electrons. The summed E-state index contributed by atoms with van der Waals surface area (Å²) in [5.74, 6) is 0.686. The Hall–Kier alpha value is -2.86. The Morgan fingerprint density at radius 3 is 2.52 bits per heavy atom. The predicted octanol–water partition coefficient (Wildman–Crippen LogP) is 4.18. The summed E-state index contributed by atoms with van der Waals surface area (Å²) in [5, 5.41) is 10.4. The largest absolute Gasteiger partial charge is 0.328 e. The molecule has 0 aliphatic carbocycles. The minimum atomic E-state index is 0.583. The maximum atomic E-state index is 9.43. The lowest BCUT2D eigenvalue weighted by Gasteiger charge is -2.21. The molecule has 0 unspecified atom stereocenters. The van der Waals surface area contributed by atoms with Crippen LogP contribution < -0.4 is 4.90 Å². The van der Waals surface area contributed by atoms with E-state index >= 15 is 0 Å². The molecule has 102 valence electrons. The van der Waals surface area contributed by atoms with E-state index < -0.39 is 0 Å². The maximum Gasteiger partial charge on any atom is 0.151 e. The third-order valence-corrected chi connectivity index (χ3v) is 3.62. The lowest BCUT2D eigenvalue weighted by atomic mass is 10.1. The van der Waals surface area contributed by atoms with Crippen LogP contribution in [0.25, 0.3) is 10.9 Å². The van der Waals surface area contributed by atoms with Crippen LogP contribution in [0.4, 0.5) is 11.5 Å². The van der Waals surface area contributed by atoms with Crippen molar-refractivity contribution in [2.24, 2.45) is 0 Å². The summed E-state index contributed by atoms with van der Waals surface area (Å²) < 4.78 is 0. The second kappa shape index (κ2) is 5.26. The van der Waals surface area contributed by atoms with Gasteiger partial charge in [-0.3, -0.25) is 0 Å². The van der Waals surface area contributed by atoms with Crippen LogP contribution in [0.5, 0.6) is 0 Å². The van der Waals surface area contributed by atoms with E-state index in [0.717, 1.165) is 22.2 Å². The Bertz CT molecular complexity index is 846. The normalized spacial score (nSPS) is 10.3. The van der Waals surface area contributed by atoms with Crippen molar-refractivity contribution >= 4 is 22.4 Å². The van der Waals surface area contributed by atoms with E-state index in [2.05, 4.69) is 24.0 Å². The van der Waals surface area contributed by atoms with Gasteiger partial charge in [0.15, 0.2) is 5.82 Å². The summed E-state index contributed by atoms with van der Waals surface area (Å²) >= 11 is 0. The smallest absolute Gasteiger partial charge is 0.151 e. The monoisotopic (exact) mass is 273 g/mol. The zero-order valence-electron chi connectivity index (χ0n) is 12.0. The fourth-order valence-electron chi connectivity index (χ4n) is 2.50. The first-order chi connectivity index (χ1) is 10.2. The van der Waals surface area contributed by atoms with Crippen molar-refractivity contribution in [1.82, 2.24) is 4.98 Å². The van der Waals surface area contributed by atoms with Crippen LogP contribution in [-0.2, 0) is 0 Å². The number of aryl methyl sites for hydroxylation is 1. The molecule has 2 aromatic carbocycles. The van der Waals surface area contributed by atoms with Crippen molar-refractivity contribution in [1.29, 1.82) is 5.26 Å². The van der Waals surface area contributed by atoms with Gasteiger partial charge in [-0.05, 0) is 30.7 Å². The van der Waals surface area contributed by atoms with Gasteiger partial charge in [0.05, 0.1) is 11.1 Å². The summed E-state index contributed by atoms with van der Waals surface area (Å²) in [4.78, 5) is 6.64. The second-order valence-electron chi connectivity index (χ2n) is 5.01. The fourth-order valence-corrected chi connectivity index (χ4v) is 2.50. The van der Waals surface area contributed by atoms with Crippen LogP contribution in [0.1, 0.15) is 11.1 Å². The number of aromatic nitrogens is 1. The third kappa shape index (κ3) is 2.32. The Kier molecular flexibility index (Phi) is 3.29. The van der Waals surface area contributed by atoms with Gasteiger partial charge in [0, 0.05) is 18.1 Å². The number of hydrogen-bond acceptors (Lipinski definition) is 3. The molecule has 0 saturated carbocycles. The Morgan fingerprint density at radius 2 is 1.76 bits per heavy atom. The molecule has 0 saturated heterocycles. The minimum Gasteiger partial charge on any atom is -0.328 e. The highest BCUT2D eigenvalue weighted by Crippen LogP contribution is 2.29. The number of rotatable bonds is 2. The molecule has 0 atom stereocenters. The number of nitrogens with zero attached hydrogens (tertiary/aromatic N) is 3. The van der Waals surface area contributed by atoms with E-state index in [1.54, 1.807) is 0 Å². The van der Waals surface area contributed by atoms with Gasteiger partial charge in [-0.25, -0.2) is 4.98 Å². The summed E-state index contributed by atoms with van der Waals surface area (Å²) in [6, 6.07) is 20.1. The van der Waals surface area contributed by atoms with E-state index in [-0.39, 0.29) is 0 Å². The Labute approximate surface area is 124 Å². The van der Waals surface area contributed by atoms with Crippen molar-refractivity contribution in [2.45, 2.75) is 6.92 Å². The van der Waals surface area contributed by atoms with Gasteiger partial charge in [-0.2, -0.15) is 5.26 Å². The van der Waals surface area contributed by atoms with Crippen molar-refractivity contribution in [2.75, 3.05) is 11.9 Å². The summed E-state index contributed by atoms with van der Waals surface area (Å²) in [7, 11) is 1.94. The molecule has 0 spiro atoms. The molecule has 0 amide bonds. The molecule has 3 aromatic rings. The van der Waals surface area contributed by atoms with Crippen molar-refractivity contribution in [3.63, 3.8) is 0 Å². The van der Waals surface area contributed by atoms with Gasteiger partial charge < -0.3 is 4.90 Å².